The highest BCUT2D eigenvalue weighted by Gasteiger charge is 2.13. The quantitative estimate of drug-likeness (QED) is 0.697. The molecule has 1 saturated heterocycles. The number of aliphatic imine (C=N–C) groups is 1. The third kappa shape index (κ3) is 2.98. The average molecular weight is 195 g/mol. The van der Waals surface area contributed by atoms with E-state index >= 15 is 0 Å². The number of hydrogen-bond acceptors (Lipinski definition) is 3. The fraction of sp³-hybridized carbons (Fsp3) is 0.909. The van der Waals surface area contributed by atoms with E-state index in [2.05, 4.69) is 15.6 Å². The molecular formula is C11H21N3. The molecule has 3 nitrogen and oxygen atoms in total. The Labute approximate surface area is 86.4 Å². The Bertz CT molecular complexity index is 195. The van der Waals surface area contributed by atoms with Crippen LogP contribution in [0.3, 0.4) is 0 Å². The van der Waals surface area contributed by atoms with E-state index in [9.17, 15) is 0 Å². The van der Waals surface area contributed by atoms with Gasteiger partial charge in [0.05, 0.1) is 5.84 Å². The Hall–Kier alpha value is -0.570. The van der Waals surface area contributed by atoms with Crippen LogP contribution in [0, 0.1) is 0 Å². The average Bonchev–Trinajstić information content (AvgIpc) is 2.29. The van der Waals surface area contributed by atoms with Gasteiger partial charge in [-0.05, 0) is 32.2 Å². The maximum Gasteiger partial charge on any atom is 0.0963 e. The summed E-state index contributed by atoms with van der Waals surface area (Å²) in [5, 5.41) is 7.02. The van der Waals surface area contributed by atoms with Gasteiger partial charge in [-0.15, -0.1) is 0 Å². The van der Waals surface area contributed by atoms with E-state index in [-0.39, 0.29) is 0 Å². The molecule has 1 unspecified atom stereocenters. The van der Waals surface area contributed by atoms with Crippen molar-refractivity contribution in [3.8, 4) is 0 Å². The van der Waals surface area contributed by atoms with Gasteiger partial charge < -0.3 is 10.6 Å². The van der Waals surface area contributed by atoms with Crippen molar-refractivity contribution in [1.82, 2.24) is 10.6 Å². The molecule has 0 bridgehead atoms. The van der Waals surface area contributed by atoms with Gasteiger partial charge in [-0.2, -0.15) is 0 Å². The maximum absolute atomic E-state index is 4.49. The molecular weight excluding hydrogens is 174 g/mol. The van der Waals surface area contributed by atoms with Crippen LogP contribution in [0.25, 0.3) is 0 Å². The molecule has 0 saturated carbocycles. The monoisotopic (exact) mass is 195 g/mol. The van der Waals surface area contributed by atoms with Crippen molar-refractivity contribution in [2.75, 3.05) is 19.6 Å². The normalized spacial score (nSPS) is 28.3. The minimum Gasteiger partial charge on any atom is -0.372 e. The number of hydrogen-bond donors (Lipinski definition) is 2. The van der Waals surface area contributed by atoms with Gasteiger partial charge in [0.2, 0.25) is 0 Å². The summed E-state index contributed by atoms with van der Waals surface area (Å²) in [5.41, 5.74) is 0. The molecule has 0 aromatic carbocycles. The zero-order valence-electron chi connectivity index (χ0n) is 8.89. The van der Waals surface area contributed by atoms with Gasteiger partial charge in [-0.25, -0.2) is 0 Å². The Morgan fingerprint density at radius 2 is 2.29 bits per heavy atom. The molecule has 0 spiro atoms. The molecule has 2 rings (SSSR count). The van der Waals surface area contributed by atoms with E-state index in [0.717, 1.165) is 19.5 Å². The second-order valence-corrected chi connectivity index (χ2v) is 4.31. The van der Waals surface area contributed by atoms with Gasteiger partial charge in [-0.1, -0.05) is 6.42 Å². The van der Waals surface area contributed by atoms with Gasteiger partial charge >= 0.3 is 0 Å². The third-order valence-electron chi connectivity index (χ3n) is 3.09. The smallest absolute Gasteiger partial charge is 0.0963 e. The molecule has 14 heavy (non-hydrogen) atoms. The van der Waals surface area contributed by atoms with Crippen molar-refractivity contribution < 1.29 is 0 Å². The lowest BCUT2D eigenvalue weighted by Gasteiger charge is -2.25. The lowest BCUT2D eigenvalue weighted by molar-refractivity contribution is 0.397. The number of amidine groups is 1. The van der Waals surface area contributed by atoms with E-state index in [1.807, 2.05) is 0 Å². The van der Waals surface area contributed by atoms with Crippen molar-refractivity contribution >= 4 is 5.84 Å². The topological polar surface area (TPSA) is 36.4 Å². The van der Waals surface area contributed by atoms with Gasteiger partial charge in [0, 0.05) is 25.6 Å². The van der Waals surface area contributed by atoms with Gasteiger partial charge in [0.1, 0.15) is 0 Å². The van der Waals surface area contributed by atoms with Crippen LogP contribution in [0.1, 0.15) is 38.5 Å². The van der Waals surface area contributed by atoms with Crippen LogP contribution in [0.4, 0.5) is 0 Å². The van der Waals surface area contributed by atoms with E-state index in [1.54, 1.807) is 0 Å². The zero-order chi connectivity index (χ0) is 9.64. The molecule has 0 aromatic rings. The van der Waals surface area contributed by atoms with Crippen molar-refractivity contribution in [3.63, 3.8) is 0 Å². The second kappa shape index (κ2) is 5.35. The van der Waals surface area contributed by atoms with Crippen LogP contribution in [0.5, 0.6) is 0 Å². The summed E-state index contributed by atoms with van der Waals surface area (Å²) in [6, 6.07) is 0.674. The fourth-order valence-electron chi connectivity index (χ4n) is 2.18. The van der Waals surface area contributed by atoms with E-state index in [4.69, 9.17) is 0 Å². The van der Waals surface area contributed by atoms with Crippen LogP contribution in [-0.2, 0) is 0 Å². The number of piperidine rings is 1. The first-order chi connectivity index (χ1) is 6.95. The van der Waals surface area contributed by atoms with Crippen molar-refractivity contribution in [1.29, 1.82) is 0 Å². The molecule has 2 N–H and O–H groups in total. The molecule has 0 aromatic heterocycles. The number of nitrogens with zero attached hydrogens (tertiary/aromatic N) is 1. The molecule has 2 aliphatic rings. The highest BCUT2D eigenvalue weighted by molar-refractivity contribution is 5.82. The summed E-state index contributed by atoms with van der Waals surface area (Å²) in [5.74, 6) is 1.24. The number of nitrogens with one attached hydrogen (secondary N) is 2. The highest BCUT2D eigenvalue weighted by Crippen LogP contribution is 2.07. The lowest BCUT2D eigenvalue weighted by Crippen LogP contribution is -2.43. The Morgan fingerprint density at radius 1 is 1.29 bits per heavy atom. The largest absolute Gasteiger partial charge is 0.372 e. The molecule has 2 aliphatic heterocycles. The van der Waals surface area contributed by atoms with Gasteiger partial charge in [-0.3, -0.25) is 4.99 Å². The summed E-state index contributed by atoms with van der Waals surface area (Å²) >= 11 is 0. The van der Waals surface area contributed by atoms with Crippen molar-refractivity contribution in [2.24, 2.45) is 4.99 Å². The van der Waals surface area contributed by atoms with Crippen molar-refractivity contribution in [3.05, 3.63) is 0 Å². The summed E-state index contributed by atoms with van der Waals surface area (Å²) in [6.45, 7) is 3.29. The number of rotatable bonds is 2. The maximum atomic E-state index is 4.49. The SMILES string of the molecule is C1CCC(NCC2CCCCN2)=NC1. The minimum atomic E-state index is 0.674. The molecule has 0 amide bonds. The predicted molar refractivity (Wildman–Crippen MR) is 59.8 cm³/mol. The second-order valence-electron chi connectivity index (χ2n) is 4.31. The Balaban J connectivity index is 1.67. The molecule has 0 aliphatic carbocycles. The fourth-order valence-corrected chi connectivity index (χ4v) is 2.18. The molecule has 3 heteroatoms. The minimum absolute atomic E-state index is 0.674. The Morgan fingerprint density at radius 3 is 3.00 bits per heavy atom. The predicted octanol–water partition coefficient (Wildman–Crippen LogP) is 1.30. The third-order valence-corrected chi connectivity index (χ3v) is 3.09. The zero-order valence-corrected chi connectivity index (χ0v) is 8.89. The first kappa shape index (κ1) is 9.97. The summed E-state index contributed by atoms with van der Waals surface area (Å²) in [7, 11) is 0. The van der Waals surface area contributed by atoms with Crippen LogP contribution >= 0.6 is 0 Å². The van der Waals surface area contributed by atoms with Gasteiger partial charge in [0.15, 0.2) is 0 Å². The summed E-state index contributed by atoms with van der Waals surface area (Å²) in [4.78, 5) is 4.49. The first-order valence-corrected chi connectivity index (χ1v) is 5.96. The summed E-state index contributed by atoms with van der Waals surface area (Å²) in [6.07, 6.45) is 7.78. The summed E-state index contributed by atoms with van der Waals surface area (Å²) < 4.78 is 0. The molecule has 2 heterocycles. The standard InChI is InChI=1S/C11H21N3/c1-3-7-12-10(5-1)9-14-11-6-2-4-8-13-11/h10,12H,1-9H2,(H,13,14). The van der Waals surface area contributed by atoms with Crippen LogP contribution in [0.15, 0.2) is 4.99 Å². The van der Waals surface area contributed by atoms with Gasteiger partial charge in [0.25, 0.3) is 0 Å². The highest BCUT2D eigenvalue weighted by atomic mass is 15.0. The van der Waals surface area contributed by atoms with E-state index < -0.39 is 0 Å². The van der Waals surface area contributed by atoms with Crippen LogP contribution in [-0.4, -0.2) is 31.5 Å². The molecule has 0 radical (unpaired) electrons. The molecule has 1 atom stereocenters. The Kier molecular flexibility index (Phi) is 3.80. The van der Waals surface area contributed by atoms with Crippen LogP contribution < -0.4 is 10.6 Å². The van der Waals surface area contributed by atoms with E-state index in [1.165, 1.54) is 44.5 Å². The molecule has 80 valence electrons. The lowest BCUT2D eigenvalue weighted by atomic mass is 10.0. The van der Waals surface area contributed by atoms with E-state index in [0.29, 0.717) is 6.04 Å². The van der Waals surface area contributed by atoms with Crippen LogP contribution in [0.2, 0.25) is 0 Å². The van der Waals surface area contributed by atoms with Crippen molar-refractivity contribution in [2.45, 2.75) is 44.6 Å². The first-order valence-electron chi connectivity index (χ1n) is 5.96. The molecule has 1 fully saturated rings.